The second-order valence-corrected chi connectivity index (χ2v) is 5.82. The van der Waals surface area contributed by atoms with Gasteiger partial charge >= 0.3 is 0 Å². The Morgan fingerprint density at radius 3 is 2.71 bits per heavy atom. The summed E-state index contributed by atoms with van der Waals surface area (Å²) >= 11 is 0. The van der Waals surface area contributed by atoms with Crippen LogP contribution in [0.25, 0.3) is 0 Å². The number of nitrogens with zero attached hydrogens (tertiary/aromatic N) is 1. The van der Waals surface area contributed by atoms with Gasteiger partial charge in [-0.15, -0.1) is 0 Å². The predicted octanol–water partition coefficient (Wildman–Crippen LogP) is 2.70. The molecule has 1 heterocycles. The zero-order valence-corrected chi connectivity index (χ0v) is 14.3. The molecule has 0 fully saturated rings. The summed E-state index contributed by atoms with van der Waals surface area (Å²) in [4.78, 5) is 2.16. The van der Waals surface area contributed by atoms with Crippen molar-refractivity contribution in [3.05, 3.63) is 60.1 Å². The Morgan fingerprint density at radius 1 is 1.17 bits per heavy atom. The fourth-order valence-electron chi connectivity index (χ4n) is 2.53. The highest BCUT2D eigenvalue weighted by Gasteiger charge is 2.13. The van der Waals surface area contributed by atoms with E-state index in [1.807, 2.05) is 42.5 Å². The summed E-state index contributed by atoms with van der Waals surface area (Å²) in [5.74, 6) is 0.893. The van der Waals surface area contributed by atoms with E-state index in [0.29, 0.717) is 32.9 Å². The van der Waals surface area contributed by atoms with Gasteiger partial charge in [0.15, 0.2) is 0 Å². The van der Waals surface area contributed by atoms with Gasteiger partial charge in [0.2, 0.25) is 0 Å². The summed E-state index contributed by atoms with van der Waals surface area (Å²) in [6.45, 7) is 3.58. The van der Waals surface area contributed by atoms with Crippen molar-refractivity contribution in [3.8, 4) is 0 Å². The molecule has 0 aliphatic rings. The minimum atomic E-state index is -0.536. The molecule has 0 spiro atoms. The number of methoxy groups -OCH3 is 1. The molecule has 5 nitrogen and oxygen atoms in total. The van der Waals surface area contributed by atoms with E-state index >= 15 is 0 Å². The summed E-state index contributed by atoms with van der Waals surface area (Å²) in [6, 6.07) is 13.8. The molecule has 1 aromatic heterocycles. The maximum absolute atomic E-state index is 10.3. The van der Waals surface area contributed by atoms with Crippen molar-refractivity contribution < 1.29 is 19.0 Å². The van der Waals surface area contributed by atoms with Crippen molar-refractivity contribution in [3.63, 3.8) is 0 Å². The van der Waals surface area contributed by atoms with Gasteiger partial charge in [-0.05, 0) is 24.1 Å². The fraction of sp³-hybridized carbons (Fsp3) is 0.474. The fourth-order valence-corrected chi connectivity index (χ4v) is 2.53. The summed E-state index contributed by atoms with van der Waals surface area (Å²) in [5, 5.41) is 10.3. The van der Waals surface area contributed by atoms with Crippen LogP contribution >= 0.6 is 0 Å². The standard InChI is InChI=1S/C19H27NO4/c1-22-11-6-10-20(14-19-9-5-12-24-19)13-18(21)16-23-15-17-7-3-2-4-8-17/h2-5,7-9,12,18,21H,6,10-11,13-16H2,1H3/t18-/m0/s1. The van der Waals surface area contributed by atoms with Gasteiger partial charge in [0.1, 0.15) is 5.76 Å². The number of aliphatic hydroxyl groups excluding tert-OH is 1. The molecule has 0 aliphatic heterocycles. The Kier molecular flexibility index (Phi) is 8.55. The van der Waals surface area contributed by atoms with Crippen LogP contribution in [0.2, 0.25) is 0 Å². The van der Waals surface area contributed by atoms with Gasteiger partial charge in [0.05, 0.1) is 32.1 Å². The first-order valence-electron chi connectivity index (χ1n) is 8.31. The smallest absolute Gasteiger partial charge is 0.117 e. The predicted molar refractivity (Wildman–Crippen MR) is 92.6 cm³/mol. The van der Waals surface area contributed by atoms with Crippen LogP contribution in [-0.2, 0) is 22.6 Å². The highest BCUT2D eigenvalue weighted by Crippen LogP contribution is 2.08. The summed E-state index contributed by atoms with van der Waals surface area (Å²) < 4.78 is 16.1. The molecular weight excluding hydrogens is 306 g/mol. The molecule has 1 atom stereocenters. The highest BCUT2D eigenvalue weighted by atomic mass is 16.5. The van der Waals surface area contributed by atoms with Crippen LogP contribution in [0.4, 0.5) is 0 Å². The molecule has 0 saturated carbocycles. The third-order valence-electron chi connectivity index (χ3n) is 3.67. The van der Waals surface area contributed by atoms with Gasteiger partial charge < -0.3 is 19.0 Å². The third kappa shape index (κ3) is 7.27. The lowest BCUT2D eigenvalue weighted by molar-refractivity contribution is 0.00642. The van der Waals surface area contributed by atoms with Crippen LogP contribution in [-0.4, -0.2) is 49.5 Å². The van der Waals surface area contributed by atoms with Crippen LogP contribution in [0, 0.1) is 0 Å². The SMILES string of the molecule is COCCCN(Cc1ccco1)C[C@H](O)COCc1ccccc1. The van der Waals surface area contributed by atoms with Crippen LogP contribution in [0.15, 0.2) is 53.1 Å². The maximum atomic E-state index is 10.3. The van der Waals surface area contributed by atoms with Crippen molar-refractivity contribution in [1.29, 1.82) is 0 Å². The van der Waals surface area contributed by atoms with E-state index < -0.39 is 6.10 Å². The van der Waals surface area contributed by atoms with Crippen molar-refractivity contribution in [1.82, 2.24) is 4.90 Å². The average molecular weight is 333 g/mol. The lowest BCUT2D eigenvalue weighted by Gasteiger charge is -2.24. The number of benzene rings is 1. The average Bonchev–Trinajstić information content (AvgIpc) is 3.09. The first-order chi connectivity index (χ1) is 11.8. The molecule has 1 aromatic carbocycles. The number of furan rings is 1. The Balaban J connectivity index is 1.74. The molecule has 132 valence electrons. The van der Waals surface area contributed by atoms with Crippen molar-refractivity contribution in [2.45, 2.75) is 25.7 Å². The van der Waals surface area contributed by atoms with Crippen molar-refractivity contribution >= 4 is 0 Å². The molecule has 0 aliphatic carbocycles. The molecule has 1 N–H and O–H groups in total. The molecule has 0 saturated heterocycles. The van der Waals surface area contributed by atoms with Crippen molar-refractivity contribution in [2.24, 2.45) is 0 Å². The lowest BCUT2D eigenvalue weighted by Crippen LogP contribution is -2.35. The van der Waals surface area contributed by atoms with Crippen molar-refractivity contribution in [2.75, 3.05) is 33.4 Å². The quantitative estimate of drug-likeness (QED) is 0.605. The van der Waals surface area contributed by atoms with E-state index in [4.69, 9.17) is 13.9 Å². The highest BCUT2D eigenvalue weighted by molar-refractivity contribution is 5.13. The molecule has 0 amide bonds. The van der Waals surface area contributed by atoms with E-state index in [1.54, 1.807) is 13.4 Å². The lowest BCUT2D eigenvalue weighted by atomic mass is 10.2. The zero-order valence-electron chi connectivity index (χ0n) is 14.3. The molecule has 0 unspecified atom stereocenters. The Hall–Kier alpha value is -1.66. The summed E-state index contributed by atoms with van der Waals surface area (Å²) in [5.41, 5.74) is 1.11. The van der Waals surface area contributed by atoms with Crippen LogP contribution in [0.1, 0.15) is 17.7 Å². The number of hydrogen-bond donors (Lipinski definition) is 1. The first kappa shape index (κ1) is 18.7. The van der Waals surface area contributed by atoms with E-state index in [1.165, 1.54) is 0 Å². The zero-order chi connectivity index (χ0) is 17.0. The normalized spacial score (nSPS) is 12.6. The maximum Gasteiger partial charge on any atom is 0.117 e. The van der Waals surface area contributed by atoms with E-state index in [0.717, 1.165) is 24.3 Å². The molecule has 2 aromatic rings. The van der Waals surface area contributed by atoms with Gasteiger partial charge in [-0.25, -0.2) is 0 Å². The minimum absolute atomic E-state index is 0.313. The number of rotatable bonds is 12. The van der Waals surface area contributed by atoms with Crippen LogP contribution in [0.3, 0.4) is 0 Å². The second kappa shape index (κ2) is 11.0. The van der Waals surface area contributed by atoms with Gasteiger partial charge in [0, 0.05) is 26.8 Å². The summed E-state index contributed by atoms with van der Waals surface area (Å²) in [7, 11) is 1.70. The topological polar surface area (TPSA) is 55.1 Å². The van der Waals surface area contributed by atoms with E-state index in [2.05, 4.69) is 4.90 Å². The third-order valence-corrected chi connectivity index (χ3v) is 3.67. The Morgan fingerprint density at radius 2 is 2.00 bits per heavy atom. The second-order valence-electron chi connectivity index (χ2n) is 5.82. The molecule has 24 heavy (non-hydrogen) atoms. The number of hydrogen-bond acceptors (Lipinski definition) is 5. The molecule has 0 radical (unpaired) electrons. The Labute approximate surface area is 143 Å². The largest absolute Gasteiger partial charge is 0.468 e. The number of aliphatic hydroxyl groups is 1. The first-order valence-corrected chi connectivity index (χ1v) is 8.31. The van der Waals surface area contributed by atoms with Crippen LogP contribution < -0.4 is 0 Å². The van der Waals surface area contributed by atoms with E-state index in [-0.39, 0.29) is 0 Å². The summed E-state index contributed by atoms with van der Waals surface area (Å²) in [6.07, 6.45) is 2.04. The molecule has 2 rings (SSSR count). The van der Waals surface area contributed by atoms with Gasteiger partial charge in [-0.2, -0.15) is 0 Å². The monoisotopic (exact) mass is 333 g/mol. The Bertz CT molecular complexity index is 530. The van der Waals surface area contributed by atoms with E-state index in [9.17, 15) is 5.11 Å². The molecular formula is C19H27NO4. The van der Waals surface area contributed by atoms with Gasteiger partial charge in [-0.3, -0.25) is 4.90 Å². The van der Waals surface area contributed by atoms with Crippen LogP contribution in [0.5, 0.6) is 0 Å². The van der Waals surface area contributed by atoms with Gasteiger partial charge in [-0.1, -0.05) is 30.3 Å². The molecule has 5 heteroatoms. The molecule has 0 bridgehead atoms. The minimum Gasteiger partial charge on any atom is -0.468 e. The number of ether oxygens (including phenoxy) is 2. The van der Waals surface area contributed by atoms with Gasteiger partial charge in [0.25, 0.3) is 0 Å².